The second kappa shape index (κ2) is 9.05. The van der Waals surface area contributed by atoms with Crippen molar-refractivity contribution in [3.8, 4) is 5.88 Å². The number of urea groups is 1. The summed E-state index contributed by atoms with van der Waals surface area (Å²) in [6, 6.07) is 11.7. The molecule has 1 aromatic heterocycles. The zero-order valence-electron chi connectivity index (χ0n) is 14.9. The molecule has 2 heterocycles. The third-order valence-electron chi connectivity index (χ3n) is 4.23. The van der Waals surface area contributed by atoms with Crippen molar-refractivity contribution in [2.24, 2.45) is 0 Å². The van der Waals surface area contributed by atoms with Crippen LogP contribution in [-0.2, 0) is 17.8 Å². The normalized spacial score (nSPS) is 14.0. The van der Waals surface area contributed by atoms with Crippen LogP contribution in [0.25, 0.3) is 0 Å². The quantitative estimate of drug-likeness (QED) is 0.827. The summed E-state index contributed by atoms with van der Waals surface area (Å²) in [5.41, 5.74) is 3.18. The second-order valence-electron chi connectivity index (χ2n) is 6.01. The number of hydrogen-bond donors (Lipinski definition) is 2. The molecular formula is C19H24N4O3. The predicted molar refractivity (Wildman–Crippen MR) is 99.3 cm³/mol. The fourth-order valence-corrected chi connectivity index (χ4v) is 2.75. The van der Waals surface area contributed by atoms with E-state index in [1.54, 1.807) is 19.4 Å². The molecule has 0 atom stereocenters. The number of hydrogen-bond acceptors (Lipinski definition) is 5. The number of nitrogens with zero attached hydrogens (tertiary/aromatic N) is 2. The van der Waals surface area contributed by atoms with E-state index in [1.807, 2.05) is 18.2 Å². The van der Waals surface area contributed by atoms with E-state index in [2.05, 4.69) is 32.7 Å². The van der Waals surface area contributed by atoms with E-state index in [4.69, 9.17) is 9.47 Å². The third-order valence-corrected chi connectivity index (χ3v) is 4.23. The molecule has 26 heavy (non-hydrogen) atoms. The molecule has 1 aromatic carbocycles. The average molecular weight is 356 g/mol. The fraction of sp³-hybridized carbons (Fsp3) is 0.368. The molecule has 1 aliphatic heterocycles. The Morgan fingerprint density at radius 3 is 2.50 bits per heavy atom. The second-order valence-corrected chi connectivity index (χ2v) is 6.01. The van der Waals surface area contributed by atoms with Crippen molar-refractivity contribution in [3.63, 3.8) is 0 Å². The molecule has 0 spiro atoms. The number of nitrogens with one attached hydrogen (secondary N) is 2. The minimum absolute atomic E-state index is 0.210. The van der Waals surface area contributed by atoms with E-state index >= 15 is 0 Å². The van der Waals surface area contributed by atoms with Crippen molar-refractivity contribution in [2.75, 3.05) is 38.3 Å². The lowest BCUT2D eigenvalue weighted by Gasteiger charge is -2.28. The summed E-state index contributed by atoms with van der Waals surface area (Å²) in [7, 11) is 1.57. The summed E-state index contributed by atoms with van der Waals surface area (Å²) in [6.45, 7) is 4.27. The lowest BCUT2D eigenvalue weighted by Crippen LogP contribution is -2.36. The van der Waals surface area contributed by atoms with E-state index in [0.717, 1.165) is 37.4 Å². The number of pyridine rings is 1. The van der Waals surface area contributed by atoms with E-state index in [1.165, 1.54) is 5.69 Å². The Morgan fingerprint density at radius 2 is 1.81 bits per heavy atom. The van der Waals surface area contributed by atoms with Gasteiger partial charge >= 0.3 is 6.03 Å². The van der Waals surface area contributed by atoms with Gasteiger partial charge in [0.2, 0.25) is 5.88 Å². The molecule has 0 unspecified atom stereocenters. The number of aromatic nitrogens is 1. The zero-order valence-corrected chi connectivity index (χ0v) is 14.9. The summed E-state index contributed by atoms with van der Waals surface area (Å²) < 4.78 is 10.4. The molecular weight excluding hydrogens is 332 g/mol. The first-order chi connectivity index (χ1) is 12.7. The Hall–Kier alpha value is -2.80. The van der Waals surface area contributed by atoms with Crippen LogP contribution >= 0.6 is 0 Å². The van der Waals surface area contributed by atoms with Gasteiger partial charge in [-0.05, 0) is 29.3 Å². The van der Waals surface area contributed by atoms with Gasteiger partial charge in [0.05, 0.1) is 20.3 Å². The van der Waals surface area contributed by atoms with Crippen LogP contribution in [0.3, 0.4) is 0 Å². The first kappa shape index (κ1) is 18.0. The monoisotopic (exact) mass is 356 g/mol. The van der Waals surface area contributed by atoms with E-state index in [9.17, 15) is 4.79 Å². The van der Waals surface area contributed by atoms with Gasteiger partial charge in [0.15, 0.2) is 0 Å². The minimum Gasteiger partial charge on any atom is -0.481 e. The third kappa shape index (κ3) is 5.10. The van der Waals surface area contributed by atoms with Gasteiger partial charge in [-0.3, -0.25) is 0 Å². The van der Waals surface area contributed by atoms with Crippen LogP contribution in [0.5, 0.6) is 5.88 Å². The van der Waals surface area contributed by atoms with Gasteiger partial charge in [-0.25, -0.2) is 9.78 Å². The molecule has 138 valence electrons. The maximum atomic E-state index is 12.0. The Kier molecular flexibility index (Phi) is 6.27. The maximum absolute atomic E-state index is 12.0. The topological polar surface area (TPSA) is 75.7 Å². The van der Waals surface area contributed by atoms with Gasteiger partial charge in [0.25, 0.3) is 0 Å². The number of morpholine rings is 1. The summed E-state index contributed by atoms with van der Waals surface area (Å²) in [5, 5.41) is 5.69. The van der Waals surface area contributed by atoms with E-state index < -0.39 is 0 Å². The van der Waals surface area contributed by atoms with Gasteiger partial charge < -0.3 is 25.0 Å². The van der Waals surface area contributed by atoms with Crippen molar-refractivity contribution in [1.82, 2.24) is 15.6 Å². The zero-order chi connectivity index (χ0) is 18.2. The van der Waals surface area contributed by atoms with Crippen LogP contribution in [0.2, 0.25) is 0 Å². The molecule has 7 nitrogen and oxygen atoms in total. The number of carbonyl (C=O) groups is 1. The Labute approximate surface area is 153 Å². The fourth-order valence-electron chi connectivity index (χ4n) is 2.75. The molecule has 0 aliphatic carbocycles. The van der Waals surface area contributed by atoms with E-state index in [-0.39, 0.29) is 6.03 Å². The van der Waals surface area contributed by atoms with Crippen LogP contribution in [-0.4, -0.2) is 44.4 Å². The van der Waals surface area contributed by atoms with Gasteiger partial charge in [0, 0.05) is 44.1 Å². The summed E-state index contributed by atoms with van der Waals surface area (Å²) in [6.07, 6.45) is 1.66. The molecule has 0 saturated carbocycles. The van der Waals surface area contributed by atoms with Crippen LogP contribution in [0.1, 0.15) is 11.1 Å². The Morgan fingerprint density at radius 1 is 1.12 bits per heavy atom. The first-order valence-electron chi connectivity index (χ1n) is 8.67. The number of methoxy groups -OCH3 is 1. The van der Waals surface area contributed by atoms with Crippen LogP contribution in [0.15, 0.2) is 42.6 Å². The average Bonchev–Trinajstić information content (AvgIpc) is 2.72. The highest BCUT2D eigenvalue weighted by atomic mass is 16.5. The lowest BCUT2D eigenvalue weighted by atomic mass is 10.2. The highest BCUT2D eigenvalue weighted by molar-refractivity contribution is 5.73. The van der Waals surface area contributed by atoms with E-state index in [0.29, 0.717) is 19.0 Å². The molecule has 2 N–H and O–H groups in total. The van der Waals surface area contributed by atoms with Crippen LogP contribution in [0.4, 0.5) is 10.5 Å². The van der Waals surface area contributed by atoms with Gasteiger partial charge in [-0.1, -0.05) is 12.1 Å². The van der Waals surface area contributed by atoms with Crippen molar-refractivity contribution in [2.45, 2.75) is 13.1 Å². The van der Waals surface area contributed by atoms with Gasteiger partial charge in [-0.2, -0.15) is 0 Å². The SMILES string of the molecule is COc1cc(CNC(=O)NCc2ccc(N3CCOCC3)cc2)ccn1. The highest BCUT2D eigenvalue weighted by Crippen LogP contribution is 2.16. The molecule has 0 radical (unpaired) electrons. The van der Waals surface area contributed by atoms with Crippen LogP contribution in [0, 0.1) is 0 Å². The Balaban J connectivity index is 1.43. The molecule has 2 amide bonds. The minimum atomic E-state index is -0.210. The van der Waals surface area contributed by atoms with Crippen molar-refractivity contribution in [3.05, 3.63) is 53.7 Å². The lowest BCUT2D eigenvalue weighted by molar-refractivity contribution is 0.122. The molecule has 2 aromatic rings. The first-order valence-corrected chi connectivity index (χ1v) is 8.67. The smallest absolute Gasteiger partial charge is 0.315 e. The largest absolute Gasteiger partial charge is 0.481 e. The van der Waals surface area contributed by atoms with Crippen molar-refractivity contribution in [1.29, 1.82) is 0 Å². The maximum Gasteiger partial charge on any atom is 0.315 e. The van der Waals surface area contributed by atoms with Crippen molar-refractivity contribution >= 4 is 11.7 Å². The van der Waals surface area contributed by atoms with Crippen LogP contribution < -0.4 is 20.3 Å². The number of rotatable bonds is 6. The predicted octanol–water partition coefficient (Wildman–Crippen LogP) is 1.93. The highest BCUT2D eigenvalue weighted by Gasteiger charge is 2.10. The molecule has 1 saturated heterocycles. The molecule has 1 aliphatic rings. The van der Waals surface area contributed by atoms with Gasteiger partial charge in [0.1, 0.15) is 0 Å². The van der Waals surface area contributed by atoms with Gasteiger partial charge in [-0.15, -0.1) is 0 Å². The number of ether oxygens (including phenoxy) is 2. The summed E-state index contributed by atoms with van der Waals surface area (Å²) >= 11 is 0. The summed E-state index contributed by atoms with van der Waals surface area (Å²) in [5.74, 6) is 0.532. The number of amides is 2. The molecule has 3 rings (SSSR count). The Bertz CT molecular complexity index is 715. The number of anilines is 1. The molecule has 0 bridgehead atoms. The molecule has 1 fully saturated rings. The van der Waals surface area contributed by atoms with Crippen molar-refractivity contribution < 1.29 is 14.3 Å². The number of carbonyl (C=O) groups excluding carboxylic acids is 1. The molecule has 7 heteroatoms. The number of benzene rings is 1. The summed E-state index contributed by atoms with van der Waals surface area (Å²) in [4.78, 5) is 18.3. The standard InChI is InChI=1S/C19H24N4O3/c1-25-18-12-16(6-7-20-18)14-22-19(24)21-13-15-2-4-17(5-3-15)23-8-10-26-11-9-23/h2-7,12H,8-11,13-14H2,1H3,(H2,21,22,24).